The zero-order chi connectivity index (χ0) is 16.6. The van der Waals surface area contributed by atoms with Crippen LogP contribution in [0.25, 0.3) is 10.2 Å². The number of aromatic nitrogens is 1. The number of rotatable bonds is 4. The van der Waals surface area contributed by atoms with E-state index in [1.165, 1.54) is 12.8 Å². The van der Waals surface area contributed by atoms with Crippen LogP contribution < -0.4 is 5.43 Å². The Bertz CT molecular complexity index is 716. The van der Waals surface area contributed by atoms with Crippen LogP contribution in [-0.4, -0.2) is 28.2 Å². The Kier molecular flexibility index (Phi) is 4.19. The summed E-state index contributed by atoms with van der Waals surface area (Å²) in [7, 11) is 0. The van der Waals surface area contributed by atoms with Crippen LogP contribution in [0.4, 0.5) is 10.5 Å². The van der Waals surface area contributed by atoms with Crippen LogP contribution in [-0.2, 0) is 4.74 Å². The number of benzene rings is 1. The lowest BCUT2D eigenvalue weighted by atomic mass is 10.2. The van der Waals surface area contributed by atoms with E-state index in [-0.39, 0.29) is 6.09 Å². The summed E-state index contributed by atoms with van der Waals surface area (Å²) in [5, 5.41) is 2.64. The molecule has 3 rings (SSSR count). The predicted octanol–water partition coefficient (Wildman–Crippen LogP) is 4.58. The van der Waals surface area contributed by atoms with Crippen LogP contribution in [0.1, 0.15) is 38.6 Å². The number of ether oxygens (including phenoxy) is 1. The molecule has 1 aliphatic carbocycles. The van der Waals surface area contributed by atoms with E-state index in [2.05, 4.69) is 10.4 Å². The first-order chi connectivity index (χ1) is 10.8. The van der Waals surface area contributed by atoms with Gasteiger partial charge in [0.2, 0.25) is 0 Å². The number of anilines is 1. The molecule has 1 fully saturated rings. The minimum Gasteiger partial charge on any atom is -0.442 e. The first kappa shape index (κ1) is 16.1. The van der Waals surface area contributed by atoms with Crippen molar-refractivity contribution in [2.45, 2.75) is 46.1 Å². The van der Waals surface area contributed by atoms with Crippen molar-refractivity contribution < 1.29 is 9.53 Å². The lowest BCUT2D eigenvalue weighted by molar-refractivity contribution is 0.0289. The summed E-state index contributed by atoms with van der Waals surface area (Å²) >= 11 is 1.65. The molecule has 0 spiro atoms. The quantitative estimate of drug-likeness (QED) is 0.832. The van der Waals surface area contributed by atoms with Gasteiger partial charge in [0, 0.05) is 6.54 Å². The first-order valence-corrected chi connectivity index (χ1v) is 8.76. The van der Waals surface area contributed by atoms with Gasteiger partial charge in [0.1, 0.15) is 5.60 Å². The van der Waals surface area contributed by atoms with E-state index in [9.17, 15) is 4.79 Å². The van der Waals surface area contributed by atoms with Gasteiger partial charge in [-0.15, -0.1) is 11.3 Å². The fourth-order valence-electron chi connectivity index (χ4n) is 2.31. The Morgan fingerprint density at radius 2 is 2.17 bits per heavy atom. The van der Waals surface area contributed by atoms with E-state index in [1.54, 1.807) is 16.3 Å². The molecular formula is C17H23N3O2S. The molecule has 0 aliphatic heterocycles. The van der Waals surface area contributed by atoms with E-state index in [0.717, 1.165) is 20.9 Å². The van der Waals surface area contributed by atoms with Crippen molar-refractivity contribution in [1.29, 1.82) is 0 Å². The van der Waals surface area contributed by atoms with Gasteiger partial charge < -0.3 is 4.74 Å². The van der Waals surface area contributed by atoms with Crippen molar-refractivity contribution in [2.24, 2.45) is 5.92 Å². The number of carbonyl (C=O) groups is 1. The summed E-state index contributed by atoms with van der Waals surface area (Å²) in [6.07, 6.45) is 2.02. The second-order valence-corrected chi connectivity index (χ2v) is 8.30. The molecule has 0 unspecified atom stereocenters. The van der Waals surface area contributed by atoms with Gasteiger partial charge in [-0.2, -0.15) is 0 Å². The van der Waals surface area contributed by atoms with Crippen LogP contribution in [0.2, 0.25) is 0 Å². The average Bonchev–Trinajstić information content (AvgIpc) is 3.15. The van der Waals surface area contributed by atoms with Crippen molar-refractivity contribution in [2.75, 3.05) is 12.0 Å². The zero-order valence-corrected chi connectivity index (χ0v) is 14.9. The van der Waals surface area contributed by atoms with Gasteiger partial charge in [0.25, 0.3) is 0 Å². The highest BCUT2D eigenvalue weighted by molar-refractivity contribution is 7.18. The molecule has 5 nitrogen and oxygen atoms in total. The van der Waals surface area contributed by atoms with Crippen LogP contribution in [0.3, 0.4) is 0 Å². The lowest BCUT2D eigenvalue weighted by Crippen LogP contribution is -2.41. The zero-order valence-electron chi connectivity index (χ0n) is 14.0. The highest BCUT2D eigenvalue weighted by atomic mass is 32.1. The summed E-state index contributed by atoms with van der Waals surface area (Å²) in [4.78, 5) is 16.9. The number of hydrogen-bond donors (Lipinski definition) is 1. The number of hydrogen-bond acceptors (Lipinski definition) is 5. The van der Waals surface area contributed by atoms with E-state index in [4.69, 9.17) is 4.74 Å². The summed E-state index contributed by atoms with van der Waals surface area (Å²) in [5.41, 5.74) is 4.58. The monoisotopic (exact) mass is 333 g/mol. The number of thiazole rings is 1. The lowest BCUT2D eigenvalue weighted by Gasteiger charge is -2.28. The third kappa shape index (κ3) is 4.34. The molecule has 23 heavy (non-hydrogen) atoms. The van der Waals surface area contributed by atoms with Crippen LogP contribution >= 0.6 is 11.3 Å². The molecule has 6 heteroatoms. The molecule has 1 heterocycles. The molecule has 1 aromatic heterocycles. The maximum absolute atomic E-state index is 12.4. The van der Waals surface area contributed by atoms with Crippen molar-refractivity contribution in [3.8, 4) is 0 Å². The number of nitrogens with zero attached hydrogens (tertiary/aromatic N) is 2. The molecule has 0 bridgehead atoms. The standard InChI is InChI=1S/C17H23N3O2S/c1-11-18-14-8-7-13(9-15(14)23-11)19-20(10-12-5-6-12)16(21)22-17(2,3)4/h7-9,12,19H,5-6,10H2,1-4H3. The SMILES string of the molecule is Cc1nc2ccc(NN(CC3CC3)C(=O)OC(C)(C)C)cc2s1. The molecule has 0 saturated heterocycles. The van der Waals surface area contributed by atoms with Gasteiger partial charge in [-0.05, 0) is 64.7 Å². The number of amides is 1. The smallest absolute Gasteiger partial charge is 0.429 e. The third-order valence-corrected chi connectivity index (χ3v) is 4.44. The predicted molar refractivity (Wildman–Crippen MR) is 93.6 cm³/mol. The molecule has 1 amide bonds. The van der Waals surface area contributed by atoms with Crippen LogP contribution in [0.5, 0.6) is 0 Å². The molecule has 124 valence electrons. The van der Waals surface area contributed by atoms with E-state index >= 15 is 0 Å². The van der Waals surface area contributed by atoms with Crippen molar-refractivity contribution in [1.82, 2.24) is 9.99 Å². The summed E-state index contributed by atoms with van der Waals surface area (Å²) < 4.78 is 6.62. The van der Waals surface area contributed by atoms with E-state index in [1.807, 2.05) is 45.9 Å². The number of carbonyl (C=O) groups excluding carboxylic acids is 1. The van der Waals surface area contributed by atoms with Crippen molar-refractivity contribution in [3.05, 3.63) is 23.2 Å². The summed E-state index contributed by atoms with van der Waals surface area (Å²) in [6.45, 7) is 8.32. The van der Waals surface area contributed by atoms with Gasteiger partial charge in [-0.25, -0.2) is 14.8 Å². The number of fused-ring (bicyclic) bond motifs is 1. The van der Waals surface area contributed by atoms with Gasteiger partial charge in [-0.3, -0.25) is 5.43 Å². The van der Waals surface area contributed by atoms with Gasteiger partial charge in [0.15, 0.2) is 0 Å². The topological polar surface area (TPSA) is 54.5 Å². The maximum atomic E-state index is 12.4. The highest BCUT2D eigenvalue weighted by Crippen LogP contribution is 2.31. The second-order valence-electron chi connectivity index (χ2n) is 7.06. The fraction of sp³-hybridized carbons (Fsp3) is 0.529. The average molecular weight is 333 g/mol. The van der Waals surface area contributed by atoms with Gasteiger partial charge in [-0.1, -0.05) is 0 Å². The first-order valence-electron chi connectivity index (χ1n) is 7.94. The molecule has 0 atom stereocenters. The van der Waals surface area contributed by atoms with E-state index in [0.29, 0.717) is 12.5 Å². The van der Waals surface area contributed by atoms with E-state index < -0.39 is 5.60 Å². The number of hydrazine groups is 1. The Hall–Kier alpha value is -1.82. The van der Waals surface area contributed by atoms with Gasteiger partial charge >= 0.3 is 6.09 Å². The van der Waals surface area contributed by atoms with Crippen molar-refractivity contribution in [3.63, 3.8) is 0 Å². The Morgan fingerprint density at radius 3 is 2.83 bits per heavy atom. The molecular weight excluding hydrogens is 310 g/mol. The molecule has 1 aliphatic rings. The molecule has 1 aromatic carbocycles. The van der Waals surface area contributed by atoms with Gasteiger partial charge in [0.05, 0.1) is 20.9 Å². The normalized spacial score (nSPS) is 14.8. The fourth-order valence-corrected chi connectivity index (χ4v) is 3.17. The Balaban J connectivity index is 1.76. The minimum atomic E-state index is -0.501. The molecule has 1 saturated carbocycles. The van der Waals surface area contributed by atoms with Crippen LogP contribution in [0.15, 0.2) is 18.2 Å². The molecule has 1 N–H and O–H groups in total. The number of nitrogens with one attached hydrogen (secondary N) is 1. The Morgan fingerprint density at radius 1 is 1.43 bits per heavy atom. The second kappa shape index (κ2) is 6.00. The minimum absolute atomic E-state index is 0.329. The third-order valence-electron chi connectivity index (χ3n) is 3.51. The molecule has 2 aromatic rings. The van der Waals surface area contributed by atoms with Crippen molar-refractivity contribution >= 4 is 33.3 Å². The highest BCUT2D eigenvalue weighted by Gasteiger charge is 2.29. The summed E-state index contributed by atoms with van der Waals surface area (Å²) in [6, 6.07) is 5.96. The largest absolute Gasteiger partial charge is 0.442 e. The molecule has 0 radical (unpaired) electrons. The maximum Gasteiger partial charge on any atom is 0.429 e. The summed E-state index contributed by atoms with van der Waals surface area (Å²) in [5.74, 6) is 0.574. The van der Waals surface area contributed by atoms with Crippen LogP contribution in [0, 0.1) is 12.8 Å². The Labute approximate surface area is 140 Å². The number of aryl methyl sites for hydroxylation is 1.